The Morgan fingerprint density at radius 2 is 2.30 bits per heavy atom. The van der Waals surface area contributed by atoms with Gasteiger partial charge in [-0.05, 0) is 30.5 Å². The number of anilines is 1. The summed E-state index contributed by atoms with van der Waals surface area (Å²) < 4.78 is 13.5. The van der Waals surface area contributed by atoms with Crippen molar-refractivity contribution in [1.29, 1.82) is 0 Å². The van der Waals surface area contributed by atoms with Gasteiger partial charge in [-0.2, -0.15) is 4.98 Å². The SMILES string of the molecule is C=CC(=O)N1CC2(CC(Nc3nc(Cl)ncc3F)C2)C1. The molecule has 0 radical (unpaired) electrons. The van der Waals surface area contributed by atoms with Crippen molar-refractivity contribution in [1.82, 2.24) is 14.9 Å². The van der Waals surface area contributed by atoms with Gasteiger partial charge in [-0.3, -0.25) is 4.79 Å². The van der Waals surface area contributed by atoms with E-state index in [-0.39, 0.29) is 28.5 Å². The lowest BCUT2D eigenvalue weighted by atomic mass is 9.60. The number of carbonyl (C=O) groups excluding carboxylic acids is 1. The van der Waals surface area contributed by atoms with Crippen LogP contribution in [0.1, 0.15) is 12.8 Å². The van der Waals surface area contributed by atoms with Crippen LogP contribution in [0.2, 0.25) is 5.28 Å². The Morgan fingerprint density at radius 3 is 2.95 bits per heavy atom. The zero-order chi connectivity index (χ0) is 14.3. The summed E-state index contributed by atoms with van der Waals surface area (Å²) in [6.07, 6.45) is 4.18. The summed E-state index contributed by atoms with van der Waals surface area (Å²) in [4.78, 5) is 20.6. The minimum absolute atomic E-state index is 0.0225. The molecule has 1 N–H and O–H groups in total. The van der Waals surface area contributed by atoms with E-state index in [4.69, 9.17) is 11.6 Å². The van der Waals surface area contributed by atoms with Crippen LogP contribution in [0.4, 0.5) is 10.2 Å². The summed E-state index contributed by atoms with van der Waals surface area (Å²) in [5.74, 6) is -0.392. The molecule has 3 rings (SSSR count). The lowest BCUT2D eigenvalue weighted by Gasteiger charge is -2.59. The van der Waals surface area contributed by atoms with Crippen LogP contribution in [-0.2, 0) is 4.79 Å². The van der Waals surface area contributed by atoms with Crippen molar-refractivity contribution in [3.8, 4) is 0 Å². The fourth-order valence-electron chi connectivity index (χ4n) is 3.03. The predicted molar refractivity (Wildman–Crippen MR) is 72.9 cm³/mol. The van der Waals surface area contributed by atoms with Gasteiger partial charge in [0.05, 0.1) is 6.20 Å². The van der Waals surface area contributed by atoms with E-state index in [1.807, 2.05) is 0 Å². The number of nitrogens with zero attached hydrogens (tertiary/aromatic N) is 3. The standard InChI is InChI=1S/C13H14ClFN4O/c1-2-10(20)19-6-13(7-19)3-8(4-13)17-11-9(15)5-16-12(14)18-11/h2,5,8H,1,3-4,6-7H2,(H,16,17,18). The van der Waals surface area contributed by atoms with Crippen molar-refractivity contribution in [3.05, 3.63) is 30.0 Å². The van der Waals surface area contributed by atoms with Gasteiger partial charge in [0.2, 0.25) is 11.2 Å². The molecule has 5 nitrogen and oxygen atoms in total. The normalized spacial score (nSPS) is 20.2. The van der Waals surface area contributed by atoms with E-state index in [0.29, 0.717) is 0 Å². The summed E-state index contributed by atoms with van der Waals surface area (Å²) >= 11 is 5.64. The summed E-state index contributed by atoms with van der Waals surface area (Å²) in [5, 5.41) is 3.06. The molecule has 2 aliphatic rings. The molecule has 1 aromatic rings. The van der Waals surface area contributed by atoms with Gasteiger partial charge in [0.15, 0.2) is 11.6 Å². The maximum absolute atomic E-state index is 13.5. The zero-order valence-corrected chi connectivity index (χ0v) is 11.5. The van der Waals surface area contributed by atoms with Gasteiger partial charge >= 0.3 is 0 Å². The summed E-state index contributed by atoms with van der Waals surface area (Å²) in [5.41, 5.74) is 0.184. The second-order valence-electron chi connectivity index (χ2n) is 5.48. The highest BCUT2D eigenvalue weighted by Gasteiger charge is 2.53. The summed E-state index contributed by atoms with van der Waals surface area (Å²) in [6.45, 7) is 4.98. The highest BCUT2D eigenvalue weighted by molar-refractivity contribution is 6.28. The molecule has 2 heterocycles. The molecule has 1 aromatic heterocycles. The fraction of sp³-hybridized carbons (Fsp3) is 0.462. The number of hydrogen-bond acceptors (Lipinski definition) is 4. The molecular formula is C13H14ClFN4O. The van der Waals surface area contributed by atoms with Crippen LogP contribution in [0.25, 0.3) is 0 Å². The van der Waals surface area contributed by atoms with Crippen LogP contribution in [-0.4, -0.2) is 39.9 Å². The Kier molecular flexibility index (Phi) is 3.12. The largest absolute Gasteiger partial charge is 0.365 e. The van der Waals surface area contributed by atoms with Gasteiger partial charge in [0.1, 0.15) is 0 Å². The van der Waals surface area contributed by atoms with Crippen LogP contribution in [0.5, 0.6) is 0 Å². The second kappa shape index (κ2) is 4.70. The third-order valence-electron chi connectivity index (χ3n) is 3.95. The number of carbonyl (C=O) groups is 1. The molecule has 1 amide bonds. The van der Waals surface area contributed by atoms with E-state index in [9.17, 15) is 9.18 Å². The lowest BCUT2D eigenvalue weighted by Crippen LogP contribution is -2.65. The number of aromatic nitrogens is 2. The Labute approximate surface area is 120 Å². The van der Waals surface area contributed by atoms with E-state index >= 15 is 0 Å². The molecule has 106 valence electrons. The van der Waals surface area contributed by atoms with E-state index in [2.05, 4.69) is 21.9 Å². The second-order valence-corrected chi connectivity index (χ2v) is 5.82. The minimum Gasteiger partial charge on any atom is -0.365 e. The Morgan fingerprint density at radius 1 is 1.60 bits per heavy atom. The van der Waals surface area contributed by atoms with E-state index in [1.165, 1.54) is 6.08 Å². The van der Waals surface area contributed by atoms with Crippen LogP contribution in [0, 0.1) is 11.2 Å². The average molecular weight is 297 g/mol. The minimum atomic E-state index is -0.507. The first kappa shape index (κ1) is 13.3. The number of likely N-dealkylation sites (tertiary alicyclic amines) is 1. The van der Waals surface area contributed by atoms with E-state index in [0.717, 1.165) is 32.1 Å². The molecule has 0 atom stereocenters. The van der Waals surface area contributed by atoms with Gasteiger partial charge in [0, 0.05) is 24.5 Å². The molecule has 0 unspecified atom stereocenters. The predicted octanol–water partition coefficient (Wildman–Crippen LogP) is 1.86. The van der Waals surface area contributed by atoms with Gasteiger partial charge < -0.3 is 10.2 Å². The number of hydrogen-bond donors (Lipinski definition) is 1. The number of halogens is 2. The molecule has 2 fully saturated rings. The highest BCUT2D eigenvalue weighted by atomic mass is 35.5. The van der Waals surface area contributed by atoms with Gasteiger partial charge in [-0.1, -0.05) is 6.58 Å². The number of rotatable bonds is 3. The molecule has 0 bridgehead atoms. The van der Waals surface area contributed by atoms with Gasteiger partial charge in [-0.15, -0.1) is 0 Å². The molecule has 1 saturated carbocycles. The van der Waals surface area contributed by atoms with Crippen molar-refractivity contribution < 1.29 is 9.18 Å². The summed E-state index contributed by atoms with van der Waals surface area (Å²) in [7, 11) is 0. The highest BCUT2D eigenvalue weighted by Crippen LogP contribution is 2.49. The van der Waals surface area contributed by atoms with E-state index in [1.54, 1.807) is 4.90 Å². The van der Waals surface area contributed by atoms with Gasteiger partial charge in [-0.25, -0.2) is 9.37 Å². The Balaban J connectivity index is 1.53. The van der Waals surface area contributed by atoms with Crippen molar-refractivity contribution in [2.24, 2.45) is 5.41 Å². The maximum atomic E-state index is 13.5. The lowest BCUT2D eigenvalue weighted by molar-refractivity contribution is -0.144. The van der Waals surface area contributed by atoms with Gasteiger partial charge in [0.25, 0.3) is 0 Å². The fourth-order valence-corrected chi connectivity index (χ4v) is 3.17. The molecule has 20 heavy (non-hydrogen) atoms. The van der Waals surface area contributed by atoms with Crippen molar-refractivity contribution in [2.45, 2.75) is 18.9 Å². The first-order chi connectivity index (χ1) is 9.51. The Hall–Kier alpha value is -1.69. The third kappa shape index (κ3) is 2.24. The first-order valence-electron chi connectivity index (χ1n) is 6.37. The van der Waals surface area contributed by atoms with Crippen molar-refractivity contribution in [2.75, 3.05) is 18.4 Å². The molecule has 0 aromatic carbocycles. The monoisotopic (exact) mass is 296 g/mol. The maximum Gasteiger partial charge on any atom is 0.245 e. The van der Waals surface area contributed by atoms with Crippen LogP contribution in [0.3, 0.4) is 0 Å². The molecule has 1 saturated heterocycles. The topological polar surface area (TPSA) is 58.1 Å². The smallest absolute Gasteiger partial charge is 0.245 e. The zero-order valence-electron chi connectivity index (χ0n) is 10.8. The molecular weight excluding hydrogens is 283 g/mol. The van der Waals surface area contributed by atoms with Crippen LogP contribution in [0.15, 0.2) is 18.9 Å². The molecule has 1 aliphatic carbocycles. The quantitative estimate of drug-likeness (QED) is 0.683. The van der Waals surface area contributed by atoms with Crippen molar-refractivity contribution >= 4 is 23.3 Å². The van der Waals surface area contributed by atoms with E-state index < -0.39 is 5.82 Å². The number of amides is 1. The molecule has 7 heteroatoms. The Bertz CT molecular complexity index is 565. The average Bonchev–Trinajstić information content (AvgIpc) is 2.33. The molecule has 1 spiro atoms. The third-order valence-corrected chi connectivity index (χ3v) is 4.14. The summed E-state index contributed by atoms with van der Waals surface area (Å²) in [6, 6.07) is 0.163. The van der Waals surface area contributed by atoms with Crippen LogP contribution >= 0.6 is 11.6 Å². The number of nitrogens with one attached hydrogen (secondary N) is 1. The van der Waals surface area contributed by atoms with Crippen LogP contribution < -0.4 is 5.32 Å². The first-order valence-corrected chi connectivity index (χ1v) is 6.75. The molecule has 1 aliphatic heterocycles. The van der Waals surface area contributed by atoms with Crippen molar-refractivity contribution in [3.63, 3.8) is 0 Å².